The molecule has 24 heavy (non-hydrogen) atoms. The third-order valence-corrected chi connectivity index (χ3v) is 4.87. The van der Waals surface area contributed by atoms with Crippen molar-refractivity contribution >= 4 is 23.1 Å². The molecule has 2 aromatic rings. The number of rotatable bonds is 2. The zero-order valence-electron chi connectivity index (χ0n) is 14.3. The molecule has 4 rings (SSSR count). The van der Waals surface area contributed by atoms with Crippen LogP contribution in [0.3, 0.4) is 0 Å². The van der Waals surface area contributed by atoms with E-state index in [-0.39, 0.29) is 0 Å². The largest absolute Gasteiger partial charge is 0.356 e. The Morgan fingerprint density at radius 3 is 2.67 bits per heavy atom. The molecule has 2 aliphatic heterocycles. The van der Waals surface area contributed by atoms with Gasteiger partial charge < -0.3 is 10.2 Å². The Labute approximate surface area is 143 Å². The molecule has 2 nitrogen and oxygen atoms in total. The van der Waals surface area contributed by atoms with Gasteiger partial charge in [-0.2, -0.15) is 0 Å². The summed E-state index contributed by atoms with van der Waals surface area (Å²) in [5, 5.41) is 3.30. The first-order valence-electron chi connectivity index (χ1n) is 8.40. The second-order valence-electron chi connectivity index (χ2n) is 6.86. The van der Waals surface area contributed by atoms with Gasteiger partial charge in [-0.25, -0.2) is 0 Å². The molecule has 2 heteroatoms. The van der Waals surface area contributed by atoms with Crippen molar-refractivity contribution in [3.63, 3.8) is 0 Å². The molecule has 2 aliphatic rings. The van der Waals surface area contributed by atoms with Gasteiger partial charge in [0.15, 0.2) is 0 Å². The Bertz CT molecular complexity index is 887. The predicted octanol–water partition coefficient (Wildman–Crippen LogP) is 5.75. The van der Waals surface area contributed by atoms with Crippen molar-refractivity contribution in [3.8, 4) is 0 Å². The van der Waals surface area contributed by atoms with Crippen molar-refractivity contribution in [2.75, 3.05) is 10.2 Å². The van der Waals surface area contributed by atoms with Crippen LogP contribution in [-0.4, -0.2) is 0 Å². The highest BCUT2D eigenvalue weighted by molar-refractivity contribution is 5.86. The van der Waals surface area contributed by atoms with Crippen LogP contribution in [0.2, 0.25) is 0 Å². The average molecular weight is 314 g/mol. The van der Waals surface area contributed by atoms with E-state index >= 15 is 0 Å². The van der Waals surface area contributed by atoms with Gasteiger partial charge in [-0.1, -0.05) is 45.2 Å². The van der Waals surface area contributed by atoms with E-state index in [1.54, 1.807) is 0 Å². The summed E-state index contributed by atoms with van der Waals surface area (Å²) < 4.78 is 0. The molecular weight excluding hydrogens is 292 g/mol. The number of hydrogen-bond donors (Lipinski definition) is 1. The van der Waals surface area contributed by atoms with E-state index in [2.05, 4.69) is 79.7 Å². The van der Waals surface area contributed by atoms with E-state index in [0.29, 0.717) is 5.92 Å². The monoisotopic (exact) mass is 314 g/mol. The molecule has 0 aliphatic carbocycles. The van der Waals surface area contributed by atoms with Crippen LogP contribution in [0.15, 0.2) is 61.3 Å². The first-order valence-corrected chi connectivity index (χ1v) is 8.40. The molecule has 0 fully saturated rings. The summed E-state index contributed by atoms with van der Waals surface area (Å²) in [5.74, 6) is 0.533. The molecule has 0 unspecified atom stereocenters. The van der Waals surface area contributed by atoms with Gasteiger partial charge in [0.25, 0.3) is 0 Å². The maximum absolute atomic E-state index is 4.36. The molecule has 2 heterocycles. The van der Waals surface area contributed by atoms with Crippen molar-refractivity contribution in [1.29, 1.82) is 0 Å². The van der Waals surface area contributed by atoms with Crippen molar-refractivity contribution < 1.29 is 0 Å². The second-order valence-corrected chi connectivity index (χ2v) is 6.86. The van der Waals surface area contributed by atoms with Crippen LogP contribution < -0.4 is 10.2 Å². The van der Waals surface area contributed by atoms with Crippen molar-refractivity contribution in [2.24, 2.45) is 0 Å². The minimum Gasteiger partial charge on any atom is -0.356 e. The molecule has 0 amide bonds. The highest BCUT2D eigenvalue weighted by Gasteiger charge is 2.24. The standard InChI is InChI=1S/C22H22N2/c1-14(2)17-7-8-19-13-24(16(4)21(19)12-17)20-9-10-22-18(11-20)6-5-15(3)23-22/h5-12,14,23H,3-4,13H2,1-2H3. The van der Waals surface area contributed by atoms with Crippen LogP contribution in [0.5, 0.6) is 0 Å². The lowest BCUT2D eigenvalue weighted by atomic mass is 9.98. The number of nitrogens with one attached hydrogen (secondary N) is 1. The fourth-order valence-electron chi connectivity index (χ4n) is 3.39. The molecule has 2 aromatic carbocycles. The highest BCUT2D eigenvalue weighted by atomic mass is 15.2. The van der Waals surface area contributed by atoms with E-state index in [4.69, 9.17) is 0 Å². The zero-order valence-corrected chi connectivity index (χ0v) is 14.3. The van der Waals surface area contributed by atoms with Gasteiger partial charge in [-0.3, -0.25) is 0 Å². The number of allylic oxidation sites excluding steroid dienone is 1. The number of benzene rings is 2. The molecule has 0 saturated carbocycles. The third kappa shape index (κ3) is 2.35. The van der Waals surface area contributed by atoms with Crippen LogP contribution >= 0.6 is 0 Å². The Balaban J connectivity index is 1.69. The molecule has 1 N–H and O–H groups in total. The van der Waals surface area contributed by atoms with Gasteiger partial charge in [0.2, 0.25) is 0 Å². The Kier molecular flexibility index (Phi) is 3.34. The minimum absolute atomic E-state index is 0.533. The summed E-state index contributed by atoms with van der Waals surface area (Å²) in [6.07, 6.45) is 4.12. The van der Waals surface area contributed by atoms with Crippen molar-refractivity contribution in [1.82, 2.24) is 0 Å². The van der Waals surface area contributed by atoms with Gasteiger partial charge >= 0.3 is 0 Å². The molecule has 0 saturated heterocycles. The first kappa shape index (κ1) is 14.8. The molecule has 0 aromatic heterocycles. The number of anilines is 2. The fraction of sp³-hybridized carbons (Fsp3) is 0.182. The second kappa shape index (κ2) is 5.41. The van der Waals surface area contributed by atoms with Crippen molar-refractivity contribution in [3.05, 3.63) is 83.6 Å². The molecule has 0 spiro atoms. The van der Waals surface area contributed by atoms with Crippen LogP contribution in [0, 0.1) is 0 Å². The summed E-state index contributed by atoms with van der Waals surface area (Å²) in [6, 6.07) is 13.3. The number of nitrogens with zero attached hydrogens (tertiary/aromatic N) is 1. The molecular formula is C22H22N2. The van der Waals surface area contributed by atoms with Crippen LogP contribution in [0.1, 0.15) is 42.0 Å². The van der Waals surface area contributed by atoms with Crippen LogP contribution in [0.4, 0.5) is 11.4 Å². The first-order chi connectivity index (χ1) is 11.5. The predicted molar refractivity (Wildman–Crippen MR) is 104 cm³/mol. The number of fused-ring (bicyclic) bond motifs is 2. The molecule has 0 radical (unpaired) electrons. The SMILES string of the molecule is C=C1C=Cc2cc(N3Cc4ccc(C(C)C)cc4C3=C)ccc2N1. The van der Waals surface area contributed by atoms with Gasteiger partial charge in [0, 0.05) is 40.4 Å². The fourth-order valence-corrected chi connectivity index (χ4v) is 3.39. The summed E-state index contributed by atoms with van der Waals surface area (Å²) in [7, 11) is 0. The van der Waals surface area contributed by atoms with Gasteiger partial charge in [-0.15, -0.1) is 0 Å². The Morgan fingerprint density at radius 1 is 1.04 bits per heavy atom. The Morgan fingerprint density at radius 2 is 1.88 bits per heavy atom. The Hall–Kier alpha value is -2.74. The maximum atomic E-state index is 4.36. The van der Waals surface area contributed by atoms with Crippen LogP contribution in [-0.2, 0) is 6.54 Å². The van der Waals surface area contributed by atoms with Gasteiger partial charge in [-0.05, 0) is 47.4 Å². The third-order valence-electron chi connectivity index (χ3n) is 4.87. The summed E-state index contributed by atoms with van der Waals surface area (Å²) in [6.45, 7) is 13.7. The lowest BCUT2D eigenvalue weighted by molar-refractivity contribution is 0.865. The highest BCUT2D eigenvalue weighted by Crippen LogP contribution is 2.39. The van der Waals surface area contributed by atoms with E-state index < -0.39 is 0 Å². The normalized spacial score (nSPS) is 15.5. The molecule has 120 valence electrons. The van der Waals surface area contributed by atoms with E-state index in [1.807, 2.05) is 6.08 Å². The molecule has 0 atom stereocenters. The number of hydrogen-bond acceptors (Lipinski definition) is 2. The summed E-state index contributed by atoms with van der Waals surface area (Å²) in [5.41, 5.74) is 9.49. The lowest BCUT2D eigenvalue weighted by Crippen LogP contribution is -2.13. The average Bonchev–Trinajstić information content (AvgIpc) is 2.91. The van der Waals surface area contributed by atoms with Crippen LogP contribution in [0.25, 0.3) is 11.8 Å². The van der Waals surface area contributed by atoms with Gasteiger partial charge in [0.05, 0.1) is 0 Å². The zero-order chi connectivity index (χ0) is 16.8. The van der Waals surface area contributed by atoms with E-state index in [0.717, 1.165) is 23.6 Å². The summed E-state index contributed by atoms with van der Waals surface area (Å²) in [4.78, 5) is 2.30. The van der Waals surface area contributed by atoms with E-state index in [9.17, 15) is 0 Å². The topological polar surface area (TPSA) is 15.3 Å². The lowest BCUT2D eigenvalue weighted by Gasteiger charge is -2.22. The smallest absolute Gasteiger partial charge is 0.0488 e. The molecule has 0 bridgehead atoms. The van der Waals surface area contributed by atoms with Gasteiger partial charge in [0.1, 0.15) is 0 Å². The van der Waals surface area contributed by atoms with Crippen molar-refractivity contribution in [2.45, 2.75) is 26.3 Å². The minimum atomic E-state index is 0.533. The quantitative estimate of drug-likeness (QED) is 0.759. The maximum Gasteiger partial charge on any atom is 0.0488 e. The summed E-state index contributed by atoms with van der Waals surface area (Å²) >= 11 is 0. The van der Waals surface area contributed by atoms with E-state index in [1.165, 1.54) is 27.9 Å².